The van der Waals surface area contributed by atoms with Crippen molar-refractivity contribution in [1.82, 2.24) is 29.6 Å². The lowest BCUT2D eigenvalue weighted by Gasteiger charge is -2.20. The van der Waals surface area contributed by atoms with Gasteiger partial charge in [0.25, 0.3) is 0 Å². The van der Waals surface area contributed by atoms with Crippen molar-refractivity contribution in [3.63, 3.8) is 0 Å². The van der Waals surface area contributed by atoms with Gasteiger partial charge in [-0.05, 0) is 40.2 Å². The molecule has 0 aliphatic carbocycles. The Bertz CT molecular complexity index is 986. The van der Waals surface area contributed by atoms with E-state index in [1.807, 2.05) is 41.7 Å². The van der Waals surface area contributed by atoms with Gasteiger partial charge >= 0.3 is 0 Å². The maximum atomic E-state index is 9.75. The Kier molecular flexibility index (Phi) is 4.63. The largest absolute Gasteiger partial charge is 0.473 e. The average molecular weight is 384 g/mol. The fourth-order valence-corrected chi connectivity index (χ4v) is 3.56. The monoisotopic (exact) mass is 384 g/mol. The average Bonchev–Trinajstić information content (AvgIpc) is 3.34. The van der Waals surface area contributed by atoms with Crippen molar-refractivity contribution in [1.29, 1.82) is 0 Å². The second-order valence-electron chi connectivity index (χ2n) is 8.62. The molecule has 3 aromatic heterocycles. The summed E-state index contributed by atoms with van der Waals surface area (Å²) in [7, 11) is 1.94. The zero-order valence-corrected chi connectivity index (χ0v) is 17.0. The molecule has 150 valence electrons. The predicted octanol–water partition coefficient (Wildman–Crippen LogP) is 2.28. The van der Waals surface area contributed by atoms with Gasteiger partial charge in [0.05, 0.1) is 29.3 Å². The SMILES string of the molecule is C[C@@H](Oc1nc(-c2cnn(C(C)(C)C)c2)cc2ncn(C)c12)[C@H]1CNC(O)C1. The molecular formula is C20H28N6O2. The second kappa shape index (κ2) is 6.86. The first-order chi connectivity index (χ1) is 13.2. The molecule has 1 aliphatic rings. The van der Waals surface area contributed by atoms with Crippen molar-refractivity contribution in [3.05, 3.63) is 24.8 Å². The van der Waals surface area contributed by atoms with Crippen molar-refractivity contribution in [2.24, 2.45) is 13.0 Å². The molecule has 0 bridgehead atoms. The smallest absolute Gasteiger partial charge is 0.241 e. The van der Waals surface area contributed by atoms with Gasteiger partial charge in [-0.25, -0.2) is 9.97 Å². The molecule has 4 rings (SSSR count). The number of aromatic nitrogens is 5. The highest BCUT2D eigenvalue weighted by molar-refractivity contribution is 5.84. The van der Waals surface area contributed by atoms with E-state index in [0.717, 1.165) is 28.8 Å². The Hall–Kier alpha value is -2.45. The highest BCUT2D eigenvalue weighted by atomic mass is 16.5. The van der Waals surface area contributed by atoms with Crippen LogP contribution in [0.5, 0.6) is 5.88 Å². The molecule has 1 aliphatic heterocycles. The minimum Gasteiger partial charge on any atom is -0.473 e. The quantitative estimate of drug-likeness (QED) is 0.717. The molecule has 0 radical (unpaired) electrons. The van der Waals surface area contributed by atoms with Gasteiger partial charge in [-0.2, -0.15) is 5.10 Å². The van der Waals surface area contributed by atoms with Crippen LogP contribution in [0.3, 0.4) is 0 Å². The normalized spacial score (nSPS) is 21.4. The highest BCUT2D eigenvalue weighted by Gasteiger charge is 2.29. The topological polar surface area (TPSA) is 90.0 Å². The highest BCUT2D eigenvalue weighted by Crippen LogP contribution is 2.31. The molecular weight excluding hydrogens is 356 g/mol. The Labute approximate surface area is 164 Å². The van der Waals surface area contributed by atoms with Gasteiger partial charge in [0.15, 0.2) is 0 Å². The van der Waals surface area contributed by atoms with Gasteiger partial charge < -0.3 is 14.4 Å². The van der Waals surface area contributed by atoms with Gasteiger partial charge in [-0.15, -0.1) is 0 Å². The minimum absolute atomic E-state index is 0.0807. The number of pyridine rings is 1. The van der Waals surface area contributed by atoms with E-state index in [4.69, 9.17) is 9.72 Å². The fourth-order valence-electron chi connectivity index (χ4n) is 3.56. The number of hydrogen-bond acceptors (Lipinski definition) is 6. The summed E-state index contributed by atoms with van der Waals surface area (Å²) in [5.41, 5.74) is 3.32. The van der Waals surface area contributed by atoms with Crippen LogP contribution >= 0.6 is 0 Å². The summed E-state index contributed by atoms with van der Waals surface area (Å²) in [6.07, 6.45) is 5.73. The predicted molar refractivity (Wildman–Crippen MR) is 107 cm³/mol. The number of fused-ring (bicyclic) bond motifs is 1. The molecule has 0 spiro atoms. The van der Waals surface area contributed by atoms with Crippen LogP contribution < -0.4 is 10.1 Å². The van der Waals surface area contributed by atoms with E-state index in [0.29, 0.717) is 12.3 Å². The second-order valence-corrected chi connectivity index (χ2v) is 8.62. The number of rotatable bonds is 4. The van der Waals surface area contributed by atoms with E-state index >= 15 is 0 Å². The van der Waals surface area contributed by atoms with E-state index < -0.39 is 6.23 Å². The van der Waals surface area contributed by atoms with Crippen LogP contribution in [-0.4, -0.2) is 48.3 Å². The maximum absolute atomic E-state index is 9.75. The molecule has 28 heavy (non-hydrogen) atoms. The van der Waals surface area contributed by atoms with Crippen LogP contribution in [0.4, 0.5) is 0 Å². The van der Waals surface area contributed by atoms with Gasteiger partial charge in [-0.3, -0.25) is 10.00 Å². The van der Waals surface area contributed by atoms with Crippen molar-refractivity contribution in [2.75, 3.05) is 6.54 Å². The van der Waals surface area contributed by atoms with Crippen LogP contribution in [0.15, 0.2) is 24.8 Å². The molecule has 1 fully saturated rings. The Balaban J connectivity index is 1.71. The molecule has 0 aromatic carbocycles. The van der Waals surface area contributed by atoms with Crippen molar-refractivity contribution < 1.29 is 9.84 Å². The molecule has 8 nitrogen and oxygen atoms in total. The molecule has 8 heteroatoms. The third-order valence-electron chi connectivity index (χ3n) is 5.33. The van der Waals surface area contributed by atoms with E-state index in [1.54, 1.807) is 6.33 Å². The number of aryl methyl sites for hydroxylation is 1. The number of ether oxygens (including phenoxy) is 1. The summed E-state index contributed by atoms with van der Waals surface area (Å²) in [4.78, 5) is 9.31. The lowest BCUT2D eigenvalue weighted by molar-refractivity contribution is 0.125. The third-order valence-corrected chi connectivity index (χ3v) is 5.33. The maximum Gasteiger partial charge on any atom is 0.241 e. The molecule has 3 aromatic rings. The van der Waals surface area contributed by atoms with Crippen LogP contribution in [0.1, 0.15) is 34.1 Å². The number of aliphatic hydroxyl groups is 1. The summed E-state index contributed by atoms with van der Waals surface area (Å²) < 4.78 is 10.1. The first-order valence-corrected chi connectivity index (χ1v) is 9.68. The summed E-state index contributed by atoms with van der Waals surface area (Å²) >= 11 is 0. The number of hydrogen-bond donors (Lipinski definition) is 2. The molecule has 2 N–H and O–H groups in total. The van der Waals surface area contributed by atoms with Crippen molar-refractivity contribution in [3.8, 4) is 17.1 Å². The molecule has 1 saturated heterocycles. The van der Waals surface area contributed by atoms with E-state index in [9.17, 15) is 5.11 Å². The van der Waals surface area contributed by atoms with Crippen molar-refractivity contribution >= 4 is 11.0 Å². The van der Waals surface area contributed by atoms with Gasteiger partial charge in [-0.1, -0.05) is 0 Å². The van der Waals surface area contributed by atoms with E-state index in [1.165, 1.54) is 0 Å². The number of nitrogens with one attached hydrogen (secondary N) is 1. The lowest BCUT2D eigenvalue weighted by Crippen LogP contribution is -2.26. The molecule has 4 heterocycles. The first kappa shape index (κ1) is 18.9. The van der Waals surface area contributed by atoms with E-state index in [2.05, 4.69) is 36.2 Å². The third kappa shape index (κ3) is 3.49. The molecule has 3 atom stereocenters. The van der Waals surface area contributed by atoms with Gasteiger partial charge in [0, 0.05) is 31.3 Å². The number of imidazole rings is 1. The summed E-state index contributed by atoms with van der Waals surface area (Å²) in [5, 5.41) is 17.3. The Morgan fingerprint density at radius 3 is 2.79 bits per heavy atom. The lowest BCUT2D eigenvalue weighted by atomic mass is 10.0. The Morgan fingerprint density at radius 2 is 2.14 bits per heavy atom. The van der Waals surface area contributed by atoms with Crippen LogP contribution in [0.2, 0.25) is 0 Å². The van der Waals surface area contributed by atoms with Gasteiger partial charge in [0.1, 0.15) is 17.8 Å². The number of aliphatic hydroxyl groups excluding tert-OH is 1. The fraction of sp³-hybridized carbons (Fsp3) is 0.550. The van der Waals surface area contributed by atoms with Crippen molar-refractivity contribution in [2.45, 2.75) is 52.0 Å². The summed E-state index contributed by atoms with van der Waals surface area (Å²) in [5.74, 6) is 0.789. The van der Waals surface area contributed by atoms with Crippen LogP contribution in [0, 0.1) is 5.92 Å². The molecule has 1 unspecified atom stereocenters. The van der Waals surface area contributed by atoms with Gasteiger partial charge in [0.2, 0.25) is 5.88 Å². The van der Waals surface area contributed by atoms with Crippen LogP contribution in [0.25, 0.3) is 22.3 Å². The minimum atomic E-state index is -0.463. The first-order valence-electron chi connectivity index (χ1n) is 9.68. The standard InChI is InChI=1S/C20H28N6O2/c1-12(13-6-17(27)21-8-13)28-19-18-16(22-11-25(18)5)7-15(24-19)14-9-23-26(10-14)20(2,3)4/h7,9-13,17,21,27H,6,8H2,1-5H3/t12-,13-,17?/m1/s1. The van der Waals surface area contributed by atoms with Crippen LogP contribution in [-0.2, 0) is 12.6 Å². The summed E-state index contributed by atoms with van der Waals surface area (Å²) in [6.45, 7) is 9.09. The Morgan fingerprint density at radius 1 is 1.36 bits per heavy atom. The number of nitrogens with zero attached hydrogens (tertiary/aromatic N) is 5. The molecule has 0 amide bonds. The molecule has 0 saturated carbocycles. The zero-order chi connectivity index (χ0) is 20.1. The summed E-state index contributed by atoms with van der Waals surface area (Å²) in [6, 6.07) is 1.97. The van der Waals surface area contributed by atoms with E-state index in [-0.39, 0.29) is 17.6 Å². The zero-order valence-electron chi connectivity index (χ0n) is 17.0.